The van der Waals surface area contributed by atoms with E-state index in [1.54, 1.807) is 0 Å². The Labute approximate surface area is 179 Å². The lowest BCUT2D eigenvalue weighted by Gasteiger charge is -2.28. The lowest BCUT2D eigenvalue weighted by atomic mass is 9.90. The number of nitrogens with two attached hydrogens (primary N) is 2. The van der Waals surface area contributed by atoms with Crippen LogP contribution >= 0.6 is 0 Å². The molecular formula is C19H18F4N6O3. The van der Waals surface area contributed by atoms with Crippen molar-refractivity contribution in [1.82, 2.24) is 9.97 Å². The minimum atomic E-state index is -2.71. The number of hydrogen-bond donors (Lipinski definition) is 3. The van der Waals surface area contributed by atoms with Gasteiger partial charge in [-0.1, -0.05) is 0 Å². The summed E-state index contributed by atoms with van der Waals surface area (Å²) in [5.74, 6) is -2.19. The van der Waals surface area contributed by atoms with Crippen LogP contribution in [0.1, 0.15) is 29.4 Å². The van der Waals surface area contributed by atoms with Crippen LogP contribution in [-0.2, 0) is 10.3 Å². The summed E-state index contributed by atoms with van der Waals surface area (Å²) >= 11 is 0. The fourth-order valence-corrected chi connectivity index (χ4v) is 3.02. The average Bonchev–Trinajstić information content (AvgIpc) is 2.68. The van der Waals surface area contributed by atoms with Crippen LogP contribution in [0.3, 0.4) is 0 Å². The van der Waals surface area contributed by atoms with Crippen LogP contribution in [0.2, 0.25) is 0 Å². The van der Waals surface area contributed by atoms with E-state index in [1.807, 2.05) is 0 Å². The van der Waals surface area contributed by atoms with Gasteiger partial charge in [0.15, 0.2) is 11.5 Å². The van der Waals surface area contributed by atoms with E-state index >= 15 is 0 Å². The number of halogens is 4. The van der Waals surface area contributed by atoms with Crippen LogP contribution < -0.4 is 21.5 Å². The lowest BCUT2D eigenvalue weighted by molar-refractivity contribution is 0.102. The Balaban J connectivity index is 1.90. The maximum Gasteiger partial charge on any atom is 0.288 e. The van der Waals surface area contributed by atoms with E-state index in [2.05, 4.69) is 25.0 Å². The number of amides is 1. The van der Waals surface area contributed by atoms with Crippen molar-refractivity contribution in [1.29, 1.82) is 0 Å². The smallest absolute Gasteiger partial charge is 0.288 e. The highest BCUT2D eigenvalue weighted by Crippen LogP contribution is 2.36. The van der Waals surface area contributed by atoms with E-state index in [1.165, 1.54) is 25.1 Å². The first-order chi connectivity index (χ1) is 15.1. The number of carbonyl (C=O) groups excluding carboxylic acids is 1. The molecular weight excluding hydrogens is 436 g/mol. The Morgan fingerprint density at radius 1 is 1.34 bits per heavy atom. The third-order valence-electron chi connectivity index (χ3n) is 4.34. The highest BCUT2D eigenvalue weighted by atomic mass is 19.3. The summed E-state index contributed by atoms with van der Waals surface area (Å²) in [7, 11) is 0. The summed E-state index contributed by atoms with van der Waals surface area (Å²) in [6, 6.07) is 3.18. The summed E-state index contributed by atoms with van der Waals surface area (Å²) in [4.78, 5) is 24.0. The molecule has 0 fully saturated rings. The number of aliphatic imine (C=N–C) groups is 1. The molecule has 5 N–H and O–H groups in total. The van der Waals surface area contributed by atoms with Crippen molar-refractivity contribution in [3.8, 4) is 5.88 Å². The van der Waals surface area contributed by atoms with Crippen LogP contribution in [0.5, 0.6) is 5.88 Å². The maximum absolute atomic E-state index is 14.6. The fourth-order valence-electron chi connectivity index (χ4n) is 3.02. The first kappa shape index (κ1) is 22.8. The van der Waals surface area contributed by atoms with Crippen LogP contribution in [0.25, 0.3) is 0 Å². The van der Waals surface area contributed by atoms with E-state index in [0.717, 1.165) is 12.3 Å². The Bertz CT molecular complexity index is 1090. The molecule has 2 aromatic rings. The highest BCUT2D eigenvalue weighted by Gasteiger charge is 2.33. The first-order valence-electron chi connectivity index (χ1n) is 9.07. The molecule has 0 aliphatic carbocycles. The molecule has 32 heavy (non-hydrogen) atoms. The molecule has 0 radical (unpaired) electrons. The van der Waals surface area contributed by atoms with E-state index in [0.29, 0.717) is 0 Å². The van der Waals surface area contributed by atoms with Crippen molar-refractivity contribution >= 4 is 23.4 Å². The summed E-state index contributed by atoms with van der Waals surface area (Å²) in [5.41, 5.74) is 9.58. The number of nitrogens with zero attached hydrogens (tertiary/aromatic N) is 3. The molecule has 1 aromatic carbocycles. The zero-order chi connectivity index (χ0) is 23.5. The maximum atomic E-state index is 14.6. The number of anilines is 2. The predicted octanol–water partition coefficient (Wildman–Crippen LogP) is 2.86. The van der Waals surface area contributed by atoms with E-state index in [-0.39, 0.29) is 34.4 Å². The molecule has 1 aliphatic rings. The largest absolute Gasteiger partial charge is 0.445 e. The van der Waals surface area contributed by atoms with Gasteiger partial charge >= 0.3 is 0 Å². The number of aromatic nitrogens is 2. The summed E-state index contributed by atoms with van der Waals surface area (Å²) in [6.45, 7) is 0.299. The van der Waals surface area contributed by atoms with Crippen LogP contribution in [-0.4, -0.2) is 35.2 Å². The van der Waals surface area contributed by atoms with Gasteiger partial charge in [-0.3, -0.25) is 4.79 Å². The van der Waals surface area contributed by atoms with Crippen LogP contribution in [0.15, 0.2) is 41.2 Å². The Morgan fingerprint density at radius 3 is 2.75 bits per heavy atom. The second-order valence-corrected chi connectivity index (χ2v) is 6.75. The summed E-state index contributed by atoms with van der Waals surface area (Å²) < 4.78 is 61.9. The summed E-state index contributed by atoms with van der Waals surface area (Å²) in [5, 5.41) is 2.47. The first-order valence-corrected chi connectivity index (χ1v) is 9.07. The lowest BCUT2D eigenvalue weighted by Crippen LogP contribution is -2.31. The molecule has 3 rings (SSSR count). The molecule has 170 valence electrons. The van der Waals surface area contributed by atoms with Gasteiger partial charge in [0.2, 0.25) is 19.2 Å². The number of nitrogens with one attached hydrogen (secondary N) is 1. The fraction of sp³-hybridized carbons (Fsp3) is 0.263. The number of allylic oxidation sites excluding steroid dienone is 1. The minimum Gasteiger partial charge on any atom is -0.445 e. The van der Waals surface area contributed by atoms with Crippen molar-refractivity contribution in [3.05, 3.63) is 53.3 Å². The molecule has 9 nitrogen and oxygen atoms in total. The number of nitrogen functional groups attached to an aromatic ring is 1. The number of ether oxygens (including phenoxy) is 2. The van der Waals surface area contributed by atoms with Gasteiger partial charge in [-0.25, -0.2) is 27.5 Å². The van der Waals surface area contributed by atoms with Crippen molar-refractivity contribution in [2.75, 3.05) is 17.9 Å². The van der Waals surface area contributed by atoms with Gasteiger partial charge in [-0.2, -0.15) is 4.98 Å². The third-order valence-corrected chi connectivity index (χ3v) is 4.34. The highest BCUT2D eigenvalue weighted by molar-refractivity contribution is 6.05. The van der Waals surface area contributed by atoms with Gasteiger partial charge in [0.05, 0.1) is 12.6 Å². The molecule has 1 amide bonds. The Kier molecular flexibility index (Phi) is 6.46. The number of hydrogen-bond acceptors (Lipinski definition) is 8. The predicted molar refractivity (Wildman–Crippen MR) is 106 cm³/mol. The van der Waals surface area contributed by atoms with Crippen LogP contribution in [0, 0.1) is 5.82 Å². The Morgan fingerprint density at radius 2 is 2.09 bits per heavy atom. The Hall–Kier alpha value is -3.90. The minimum absolute atomic E-state index is 0.0564. The number of carbonyl (C=O) groups is 1. The van der Waals surface area contributed by atoms with Crippen molar-refractivity contribution in [2.24, 2.45) is 10.7 Å². The van der Waals surface area contributed by atoms with Gasteiger partial charge in [0.25, 0.3) is 11.9 Å². The number of amidine groups is 1. The molecule has 2 heterocycles. The molecule has 0 saturated carbocycles. The molecule has 1 atom stereocenters. The standard InChI is InChI=1S/C19H18F4N6O3/c1-19(6-10(5-13(22)23)32-18(25)29-19)11-4-9(2-3-12(11)21)27-17(30)15-16(24)28-14(7-26-15)31-8-20/h2-4,6-7,13H,5,8H2,1H3,(H2,24,28)(H2,25,29)(H,27,30)/t19-/m0/s1. The number of alkyl halides is 3. The van der Waals surface area contributed by atoms with Gasteiger partial charge in [-0.15, -0.1) is 0 Å². The molecule has 0 unspecified atom stereocenters. The molecule has 13 heteroatoms. The zero-order valence-electron chi connectivity index (χ0n) is 16.6. The molecule has 1 aliphatic heterocycles. The second kappa shape index (κ2) is 9.08. The van der Waals surface area contributed by atoms with Crippen LogP contribution in [0.4, 0.5) is 29.1 Å². The quantitative estimate of drug-likeness (QED) is 0.547. The van der Waals surface area contributed by atoms with E-state index in [9.17, 15) is 22.4 Å². The molecule has 0 spiro atoms. The number of rotatable bonds is 7. The van der Waals surface area contributed by atoms with Crippen molar-refractivity contribution in [2.45, 2.75) is 25.3 Å². The monoisotopic (exact) mass is 454 g/mol. The topological polar surface area (TPSA) is 138 Å². The number of benzene rings is 1. The van der Waals surface area contributed by atoms with E-state index in [4.69, 9.17) is 16.2 Å². The molecule has 0 bridgehead atoms. The average molecular weight is 454 g/mol. The molecule has 1 aromatic heterocycles. The SMILES string of the molecule is C[C@@]1(c2cc(NC(=O)c3ncc(OCF)nc3N)ccc2F)C=C(CC(F)F)OC(N)=N1. The van der Waals surface area contributed by atoms with Gasteiger partial charge in [0, 0.05) is 11.3 Å². The van der Waals surface area contributed by atoms with Crippen molar-refractivity contribution < 1.29 is 31.8 Å². The normalized spacial score (nSPS) is 17.9. The van der Waals surface area contributed by atoms with E-state index < -0.39 is 43.0 Å². The van der Waals surface area contributed by atoms with Gasteiger partial charge in [-0.05, 0) is 31.2 Å². The van der Waals surface area contributed by atoms with Gasteiger partial charge in [0.1, 0.15) is 17.1 Å². The van der Waals surface area contributed by atoms with Gasteiger partial charge < -0.3 is 26.3 Å². The molecule has 0 saturated heterocycles. The summed E-state index contributed by atoms with van der Waals surface area (Å²) in [6.07, 6.45) is -1.20. The zero-order valence-corrected chi connectivity index (χ0v) is 16.6. The third kappa shape index (κ3) is 5.04. The second-order valence-electron chi connectivity index (χ2n) is 6.75. The van der Waals surface area contributed by atoms with Crippen molar-refractivity contribution in [3.63, 3.8) is 0 Å².